The molecule has 0 atom stereocenters. The van der Waals surface area contributed by atoms with Crippen LogP contribution in [0.4, 0.5) is 5.69 Å². The van der Waals surface area contributed by atoms with Gasteiger partial charge in [0.15, 0.2) is 0 Å². The zero-order chi connectivity index (χ0) is 15.2. The average Bonchev–Trinajstić information content (AvgIpc) is 2.47. The summed E-state index contributed by atoms with van der Waals surface area (Å²) in [6.07, 6.45) is 0. The van der Waals surface area contributed by atoms with Crippen molar-refractivity contribution in [2.24, 2.45) is 0 Å². The summed E-state index contributed by atoms with van der Waals surface area (Å²) in [4.78, 5) is 11.7. The molecule has 0 aromatic heterocycles. The molecule has 0 aliphatic rings. The fourth-order valence-corrected chi connectivity index (χ4v) is 2.29. The highest BCUT2D eigenvalue weighted by Gasteiger charge is 2.07. The van der Waals surface area contributed by atoms with Crippen molar-refractivity contribution in [1.82, 2.24) is 0 Å². The van der Waals surface area contributed by atoms with Crippen molar-refractivity contribution in [2.75, 3.05) is 11.9 Å². The van der Waals surface area contributed by atoms with E-state index in [1.54, 1.807) is 13.0 Å². The highest BCUT2D eigenvalue weighted by Crippen LogP contribution is 2.17. The van der Waals surface area contributed by atoms with Gasteiger partial charge in [0, 0.05) is 12.2 Å². The van der Waals surface area contributed by atoms with Gasteiger partial charge in [0.2, 0.25) is 0 Å². The minimum absolute atomic E-state index is 0.284. The van der Waals surface area contributed by atoms with Crippen molar-refractivity contribution in [3.63, 3.8) is 0 Å². The molecule has 0 aliphatic carbocycles. The standard InChI is InChI=1S/C18H21NO2/c1-4-21-18(20)15-9-6-10-16(11-15)19-12-17-13(2)7-5-8-14(17)3/h5-11,19H,4,12H2,1-3H3. The molecule has 0 saturated heterocycles. The molecule has 0 amide bonds. The van der Waals surface area contributed by atoms with Gasteiger partial charge in [-0.3, -0.25) is 0 Å². The molecule has 21 heavy (non-hydrogen) atoms. The molecule has 0 fully saturated rings. The maximum atomic E-state index is 11.7. The Kier molecular flexibility index (Phi) is 4.99. The third-order valence-corrected chi connectivity index (χ3v) is 3.49. The van der Waals surface area contributed by atoms with E-state index in [1.165, 1.54) is 16.7 Å². The lowest BCUT2D eigenvalue weighted by Crippen LogP contribution is -2.07. The maximum absolute atomic E-state index is 11.7. The lowest BCUT2D eigenvalue weighted by molar-refractivity contribution is 0.0526. The van der Waals surface area contributed by atoms with Gasteiger partial charge in [-0.05, 0) is 55.7 Å². The first kappa shape index (κ1) is 15.1. The second-order valence-electron chi connectivity index (χ2n) is 5.03. The van der Waals surface area contributed by atoms with E-state index in [-0.39, 0.29) is 5.97 Å². The predicted octanol–water partition coefficient (Wildman–Crippen LogP) is 4.09. The average molecular weight is 283 g/mol. The summed E-state index contributed by atoms with van der Waals surface area (Å²) in [7, 11) is 0. The quantitative estimate of drug-likeness (QED) is 0.840. The lowest BCUT2D eigenvalue weighted by Gasteiger charge is -2.12. The van der Waals surface area contributed by atoms with E-state index in [1.807, 2.05) is 18.2 Å². The number of aryl methyl sites for hydroxylation is 2. The smallest absolute Gasteiger partial charge is 0.338 e. The number of carbonyl (C=O) groups is 1. The molecule has 0 bridgehead atoms. The van der Waals surface area contributed by atoms with Crippen LogP contribution in [-0.4, -0.2) is 12.6 Å². The van der Waals surface area contributed by atoms with Gasteiger partial charge in [-0.15, -0.1) is 0 Å². The van der Waals surface area contributed by atoms with Crippen LogP contribution in [0.25, 0.3) is 0 Å². The van der Waals surface area contributed by atoms with Gasteiger partial charge >= 0.3 is 5.97 Å². The van der Waals surface area contributed by atoms with Crippen LogP contribution in [0.15, 0.2) is 42.5 Å². The van der Waals surface area contributed by atoms with E-state index in [4.69, 9.17) is 4.74 Å². The van der Waals surface area contributed by atoms with Gasteiger partial charge in [0.25, 0.3) is 0 Å². The molecule has 2 rings (SSSR count). The Morgan fingerprint density at radius 2 is 1.76 bits per heavy atom. The van der Waals surface area contributed by atoms with Crippen LogP contribution >= 0.6 is 0 Å². The summed E-state index contributed by atoms with van der Waals surface area (Å²) in [5, 5.41) is 3.37. The Morgan fingerprint density at radius 3 is 2.43 bits per heavy atom. The van der Waals surface area contributed by atoms with Crippen LogP contribution in [0.1, 0.15) is 34.0 Å². The molecule has 0 aliphatic heterocycles. The van der Waals surface area contributed by atoms with Crippen molar-refractivity contribution in [3.05, 3.63) is 64.7 Å². The van der Waals surface area contributed by atoms with E-state index >= 15 is 0 Å². The summed E-state index contributed by atoms with van der Waals surface area (Å²) in [6.45, 7) is 7.16. The van der Waals surface area contributed by atoms with Gasteiger partial charge in [0.1, 0.15) is 0 Å². The first-order chi connectivity index (χ1) is 10.1. The largest absolute Gasteiger partial charge is 0.462 e. The van der Waals surface area contributed by atoms with Gasteiger partial charge in [-0.1, -0.05) is 24.3 Å². The molecule has 3 heteroatoms. The van der Waals surface area contributed by atoms with Crippen molar-refractivity contribution < 1.29 is 9.53 Å². The first-order valence-corrected chi connectivity index (χ1v) is 7.18. The zero-order valence-electron chi connectivity index (χ0n) is 12.8. The number of rotatable bonds is 5. The second-order valence-corrected chi connectivity index (χ2v) is 5.03. The first-order valence-electron chi connectivity index (χ1n) is 7.18. The van der Waals surface area contributed by atoms with Crippen LogP contribution in [0.5, 0.6) is 0 Å². The number of hydrogen-bond donors (Lipinski definition) is 1. The van der Waals surface area contributed by atoms with Gasteiger partial charge in [-0.2, -0.15) is 0 Å². The fraction of sp³-hybridized carbons (Fsp3) is 0.278. The number of carbonyl (C=O) groups excluding carboxylic acids is 1. The number of benzene rings is 2. The SMILES string of the molecule is CCOC(=O)c1cccc(NCc2c(C)cccc2C)c1. The summed E-state index contributed by atoms with van der Waals surface area (Å²) in [5.74, 6) is -0.284. The summed E-state index contributed by atoms with van der Waals surface area (Å²) in [6, 6.07) is 13.7. The number of hydrogen-bond acceptors (Lipinski definition) is 3. The Bertz CT molecular complexity index is 615. The predicted molar refractivity (Wildman–Crippen MR) is 85.6 cm³/mol. The molecule has 0 heterocycles. The Morgan fingerprint density at radius 1 is 1.10 bits per heavy atom. The van der Waals surface area contributed by atoms with Crippen molar-refractivity contribution >= 4 is 11.7 Å². The molecular weight excluding hydrogens is 262 g/mol. The van der Waals surface area contributed by atoms with Crippen molar-refractivity contribution in [3.8, 4) is 0 Å². The Balaban J connectivity index is 2.10. The highest BCUT2D eigenvalue weighted by atomic mass is 16.5. The van der Waals surface area contributed by atoms with Crippen LogP contribution in [-0.2, 0) is 11.3 Å². The summed E-state index contributed by atoms with van der Waals surface area (Å²) >= 11 is 0. The molecule has 1 N–H and O–H groups in total. The summed E-state index contributed by atoms with van der Waals surface area (Å²) < 4.78 is 5.02. The van der Waals surface area contributed by atoms with Crippen LogP contribution < -0.4 is 5.32 Å². The molecular formula is C18H21NO2. The minimum atomic E-state index is -0.284. The molecule has 2 aromatic carbocycles. The van der Waals surface area contributed by atoms with Gasteiger partial charge in [0.05, 0.1) is 12.2 Å². The van der Waals surface area contributed by atoms with Crippen molar-refractivity contribution in [1.29, 1.82) is 0 Å². The number of anilines is 1. The van der Waals surface area contributed by atoms with Gasteiger partial charge < -0.3 is 10.1 Å². The zero-order valence-corrected chi connectivity index (χ0v) is 12.8. The summed E-state index contributed by atoms with van der Waals surface area (Å²) in [5.41, 5.74) is 5.32. The lowest BCUT2D eigenvalue weighted by atomic mass is 10.0. The molecule has 3 nitrogen and oxygen atoms in total. The Labute approximate surface area is 126 Å². The van der Waals surface area contributed by atoms with E-state index < -0.39 is 0 Å². The molecule has 110 valence electrons. The fourth-order valence-electron chi connectivity index (χ4n) is 2.29. The van der Waals surface area contributed by atoms with E-state index in [2.05, 4.69) is 37.4 Å². The van der Waals surface area contributed by atoms with Crippen LogP contribution in [0.2, 0.25) is 0 Å². The number of ether oxygens (including phenoxy) is 1. The number of nitrogens with one attached hydrogen (secondary N) is 1. The van der Waals surface area contributed by atoms with Gasteiger partial charge in [-0.25, -0.2) is 4.79 Å². The van der Waals surface area contributed by atoms with Crippen LogP contribution in [0, 0.1) is 13.8 Å². The molecule has 0 spiro atoms. The molecule has 0 unspecified atom stereocenters. The minimum Gasteiger partial charge on any atom is -0.462 e. The van der Waals surface area contributed by atoms with E-state index in [0.717, 1.165) is 12.2 Å². The van der Waals surface area contributed by atoms with Crippen LogP contribution in [0.3, 0.4) is 0 Å². The second kappa shape index (κ2) is 6.93. The molecule has 0 radical (unpaired) electrons. The third kappa shape index (κ3) is 3.85. The Hall–Kier alpha value is -2.29. The number of esters is 1. The van der Waals surface area contributed by atoms with E-state index in [9.17, 15) is 4.79 Å². The topological polar surface area (TPSA) is 38.3 Å². The molecule has 2 aromatic rings. The third-order valence-electron chi connectivity index (χ3n) is 3.49. The maximum Gasteiger partial charge on any atom is 0.338 e. The van der Waals surface area contributed by atoms with E-state index in [0.29, 0.717) is 12.2 Å². The normalized spacial score (nSPS) is 10.2. The van der Waals surface area contributed by atoms with Crippen molar-refractivity contribution in [2.45, 2.75) is 27.3 Å². The highest BCUT2D eigenvalue weighted by molar-refractivity contribution is 5.90. The molecule has 0 saturated carbocycles. The monoisotopic (exact) mass is 283 g/mol.